The highest BCUT2D eigenvalue weighted by molar-refractivity contribution is 5.79. The zero-order valence-electron chi connectivity index (χ0n) is 9.29. The van der Waals surface area contributed by atoms with Gasteiger partial charge in [0, 0.05) is 19.5 Å². The zero-order chi connectivity index (χ0) is 11.4. The summed E-state index contributed by atoms with van der Waals surface area (Å²) in [6.07, 6.45) is 0.521. The summed E-state index contributed by atoms with van der Waals surface area (Å²) in [5.74, 6) is 1.75. The van der Waals surface area contributed by atoms with Crippen LogP contribution < -0.4 is 16.0 Å². The number of amides is 1. The highest BCUT2D eigenvalue weighted by Gasteiger charge is 2.21. The van der Waals surface area contributed by atoms with E-state index >= 15 is 0 Å². The second-order valence-electron chi connectivity index (χ2n) is 3.79. The van der Waals surface area contributed by atoms with Crippen LogP contribution in [0.25, 0.3) is 0 Å². The third-order valence-electron chi connectivity index (χ3n) is 2.44. The van der Waals surface area contributed by atoms with Crippen LogP contribution in [0.15, 0.2) is 18.2 Å². The molecule has 3 N–H and O–H groups in total. The lowest BCUT2D eigenvalue weighted by Gasteiger charge is -2.12. The predicted molar refractivity (Wildman–Crippen MR) is 63.4 cm³/mol. The van der Waals surface area contributed by atoms with E-state index in [2.05, 4.69) is 20.9 Å². The molecule has 2 rings (SSSR count). The molecular formula is C11H16N4O. The van der Waals surface area contributed by atoms with Crippen molar-refractivity contribution < 1.29 is 4.79 Å². The van der Waals surface area contributed by atoms with Gasteiger partial charge in [-0.2, -0.15) is 0 Å². The van der Waals surface area contributed by atoms with Gasteiger partial charge >= 0.3 is 0 Å². The number of carbonyl (C=O) groups is 1. The van der Waals surface area contributed by atoms with Gasteiger partial charge in [0.2, 0.25) is 5.91 Å². The van der Waals surface area contributed by atoms with Gasteiger partial charge < -0.3 is 16.0 Å². The van der Waals surface area contributed by atoms with Crippen molar-refractivity contribution in [2.75, 3.05) is 23.7 Å². The molecule has 1 saturated heterocycles. The van der Waals surface area contributed by atoms with Gasteiger partial charge in [0.1, 0.15) is 11.6 Å². The second-order valence-corrected chi connectivity index (χ2v) is 3.79. The Morgan fingerprint density at radius 1 is 1.50 bits per heavy atom. The zero-order valence-corrected chi connectivity index (χ0v) is 9.29. The van der Waals surface area contributed by atoms with E-state index in [1.165, 1.54) is 0 Å². The Bertz CT molecular complexity index is 380. The lowest BCUT2D eigenvalue weighted by atomic mass is 10.2. The number of nitrogens with one attached hydrogen (secondary N) is 3. The Morgan fingerprint density at radius 2 is 2.31 bits per heavy atom. The molecule has 1 atom stereocenters. The standard InChI is InChI=1S/C11H16N4O/c1-2-12-9-4-3-5-10(15-9)14-8-6-11(16)13-7-8/h3-5,8H,2,6-7H2,1H3,(H,13,16)(H2,12,14,15). The third kappa shape index (κ3) is 2.62. The first kappa shape index (κ1) is 10.7. The molecule has 1 aliphatic heterocycles. The molecule has 0 bridgehead atoms. The summed E-state index contributed by atoms with van der Waals surface area (Å²) in [7, 11) is 0. The minimum atomic E-state index is 0.0975. The van der Waals surface area contributed by atoms with Crippen molar-refractivity contribution in [2.45, 2.75) is 19.4 Å². The smallest absolute Gasteiger partial charge is 0.222 e. The Labute approximate surface area is 94.6 Å². The van der Waals surface area contributed by atoms with Gasteiger partial charge in [-0.25, -0.2) is 4.98 Å². The van der Waals surface area contributed by atoms with Crippen molar-refractivity contribution >= 4 is 17.5 Å². The molecule has 1 aromatic rings. The predicted octanol–water partition coefficient (Wildman–Crippen LogP) is 0.814. The molecule has 0 aromatic carbocycles. The largest absolute Gasteiger partial charge is 0.370 e. The van der Waals surface area contributed by atoms with Gasteiger partial charge in [-0.3, -0.25) is 4.79 Å². The lowest BCUT2D eigenvalue weighted by Crippen LogP contribution is -2.22. The van der Waals surface area contributed by atoms with E-state index in [-0.39, 0.29) is 11.9 Å². The van der Waals surface area contributed by atoms with E-state index in [0.29, 0.717) is 13.0 Å². The van der Waals surface area contributed by atoms with Crippen LogP contribution in [0.1, 0.15) is 13.3 Å². The number of hydrogen-bond donors (Lipinski definition) is 3. The van der Waals surface area contributed by atoms with E-state index in [0.717, 1.165) is 18.2 Å². The number of pyridine rings is 1. The van der Waals surface area contributed by atoms with Gasteiger partial charge in [0.25, 0.3) is 0 Å². The molecule has 0 aliphatic carbocycles. The minimum absolute atomic E-state index is 0.0975. The fraction of sp³-hybridized carbons (Fsp3) is 0.455. The van der Waals surface area contributed by atoms with Crippen molar-refractivity contribution in [2.24, 2.45) is 0 Å². The van der Waals surface area contributed by atoms with E-state index in [1.807, 2.05) is 25.1 Å². The fourth-order valence-electron chi connectivity index (χ4n) is 1.71. The Kier molecular flexibility index (Phi) is 3.24. The molecule has 0 radical (unpaired) electrons. The Morgan fingerprint density at radius 3 is 3.00 bits per heavy atom. The average Bonchev–Trinajstić information content (AvgIpc) is 2.65. The maximum absolute atomic E-state index is 11.0. The molecule has 1 unspecified atom stereocenters. The van der Waals surface area contributed by atoms with Crippen LogP contribution in [-0.4, -0.2) is 30.0 Å². The number of rotatable bonds is 4. The number of aromatic nitrogens is 1. The molecule has 2 heterocycles. The summed E-state index contributed by atoms with van der Waals surface area (Å²) in [6.45, 7) is 3.55. The van der Waals surface area contributed by atoms with Gasteiger partial charge in [0.05, 0.1) is 6.04 Å². The molecule has 1 amide bonds. The van der Waals surface area contributed by atoms with Crippen molar-refractivity contribution in [3.63, 3.8) is 0 Å². The lowest BCUT2D eigenvalue weighted by molar-refractivity contribution is -0.119. The number of hydrogen-bond acceptors (Lipinski definition) is 4. The maximum Gasteiger partial charge on any atom is 0.222 e. The van der Waals surface area contributed by atoms with Crippen molar-refractivity contribution in [1.29, 1.82) is 0 Å². The molecule has 0 spiro atoms. The van der Waals surface area contributed by atoms with Crippen LogP contribution in [0.4, 0.5) is 11.6 Å². The summed E-state index contributed by atoms with van der Waals surface area (Å²) < 4.78 is 0. The first-order chi connectivity index (χ1) is 7.78. The normalized spacial score (nSPS) is 19.3. The molecule has 16 heavy (non-hydrogen) atoms. The summed E-state index contributed by atoms with van der Waals surface area (Å²) in [5.41, 5.74) is 0. The third-order valence-corrected chi connectivity index (χ3v) is 2.44. The van der Waals surface area contributed by atoms with Crippen LogP contribution in [0.5, 0.6) is 0 Å². The SMILES string of the molecule is CCNc1cccc(NC2CNC(=O)C2)n1. The first-order valence-corrected chi connectivity index (χ1v) is 5.52. The maximum atomic E-state index is 11.0. The summed E-state index contributed by atoms with van der Waals surface area (Å²) in [6, 6.07) is 5.92. The van der Waals surface area contributed by atoms with Gasteiger partial charge in [-0.15, -0.1) is 0 Å². The number of carbonyl (C=O) groups excluding carboxylic acids is 1. The van der Waals surface area contributed by atoms with Crippen LogP contribution >= 0.6 is 0 Å². The second kappa shape index (κ2) is 4.83. The van der Waals surface area contributed by atoms with Gasteiger partial charge in [-0.05, 0) is 19.1 Å². The van der Waals surface area contributed by atoms with E-state index < -0.39 is 0 Å². The van der Waals surface area contributed by atoms with E-state index in [9.17, 15) is 4.79 Å². The molecular weight excluding hydrogens is 204 g/mol. The molecule has 5 heteroatoms. The van der Waals surface area contributed by atoms with Crippen LogP contribution in [-0.2, 0) is 4.79 Å². The molecule has 1 aliphatic rings. The summed E-state index contributed by atoms with van der Waals surface area (Å²) in [4.78, 5) is 15.4. The molecule has 5 nitrogen and oxygen atoms in total. The Hall–Kier alpha value is -1.78. The van der Waals surface area contributed by atoms with Crippen molar-refractivity contribution in [3.05, 3.63) is 18.2 Å². The average molecular weight is 220 g/mol. The fourth-order valence-corrected chi connectivity index (χ4v) is 1.71. The van der Waals surface area contributed by atoms with Gasteiger partial charge in [0.15, 0.2) is 0 Å². The van der Waals surface area contributed by atoms with Crippen molar-refractivity contribution in [1.82, 2.24) is 10.3 Å². The van der Waals surface area contributed by atoms with Crippen LogP contribution in [0, 0.1) is 0 Å². The summed E-state index contributed by atoms with van der Waals surface area (Å²) in [5, 5.41) is 9.17. The van der Waals surface area contributed by atoms with Crippen LogP contribution in [0.3, 0.4) is 0 Å². The highest BCUT2D eigenvalue weighted by atomic mass is 16.1. The van der Waals surface area contributed by atoms with E-state index in [1.54, 1.807) is 0 Å². The first-order valence-electron chi connectivity index (χ1n) is 5.52. The topological polar surface area (TPSA) is 66.0 Å². The highest BCUT2D eigenvalue weighted by Crippen LogP contribution is 2.12. The van der Waals surface area contributed by atoms with E-state index in [4.69, 9.17) is 0 Å². The molecule has 1 aromatic heterocycles. The van der Waals surface area contributed by atoms with Gasteiger partial charge in [-0.1, -0.05) is 6.07 Å². The summed E-state index contributed by atoms with van der Waals surface area (Å²) >= 11 is 0. The van der Waals surface area contributed by atoms with Crippen molar-refractivity contribution in [3.8, 4) is 0 Å². The Balaban J connectivity index is 1.98. The quantitative estimate of drug-likeness (QED) is 0.702. The number of anilines is 2. The minimum Gasteiger partial charge on any atom is -0.370 e. The molecule has 86 valence electrons. The monoisotopic (exact) mass is 220 g/mol. The molecule has 0 saturated carbocycles. The molecule has 1 fully saturated rings. The number of nitrogens with zero attached hydrogens (tertiary/aromatic N) is 1. The van der Waals surface area contributed by atoms with Crippen LogP contribution in [0.2, 0.25) is 0 Å².